The quantitative estimate of drug-likeness (QED) is 0.666. The van der Waals surface area contributed by atoms with Crippen LogP contribution in [0.5, 0.6) is 0 Å². The van der Waals surface area contributed by atoms with E-state index >= 15 is 0 Å². The molecule has 2 aliphatic rings. The maximum Gasteiger partial charge on any atom is 0.338 e. The molecule has 90 valence electrons. The SMILES string of the molecule is O=c1cc2n(Cc3ccc(Cl)nc3)cccc-2o1. The molecule has 1 aromatic heterocycles. The number of nitrogens with zero attached hydrogens (tertiary/aromatic N) is 2. The average Bonchev–Trinajstić information content (AvgIpc) is 2.73. The van der Waals surface area contributed by atoms with E-state index in [1.54, 1.807) is 18.3 Å². The summed E-state index contributed by atoms with van der Waals surface area (Å²) in [5.41, 5.74) is 1.45. The van der Waals surface area contributed by atoms with Crippen LogP contribution in [0.3, 0.4) is 0 Å². The monoisotopic (exact) mass is 260 g/mol. The minimum Gasteiger partial charge on any atom is -0.421 e. The van der Waals surface area contributed by atoms with Gasteiger partial charge in [-0.15, -0.1) is 0 Å². The molecule has 0 atom stereocenters. The first-order valence-corrected chi connectivity index (χ1v) is 5.79. The second-order valence-electron chi connectivity index (χ2n) is 3.94. The Bertz CT molecular complexity index is 700. The fraction of sp³-hybridized carbons (Fsp3) is 0.0769. The molecule has 0 bridgehead atoms. The van der Waals surface area contributed by atoms with Crippen LogP contribution >= 0.6 is 11.6 Å². The van der Waals surface area contributed by atoms with Crippen molar-refractivity contribution in [2.75, 3.05) is 0 Å². The van der Waals surface area contributed by atoms with Gasteiger partial charge in [0.1, 0.15) is 5.15 Å². The molecule has 0 N–H and O–H groups in total. The van der Waals surface area contributed by atoms with Crippen LogP contribution < -0.4 is 5.63 Å². The van der Waals surface area contributed by atoms with Crippen molar-refractivity contribution < 1.29 is 4.42 Å². The van der Waals surface area contributed by atoms with Crippen LogP contribution in [0, 0.1) is 0 Å². The highest BCUT2D eigenvalue weighted by Gasteiger charge is 2.11. The summed E-state index contributed by atoms with van der Waals surface area (Å²) in [6.07, 6.45) is 3.61. The van der Waals surface area contributed by atoms with Crippen LogP contribution in [0.25, 0.3) is 11.5 Å². The van der Waals surface area contributed by atoms with Gasteiger partial charge in [-0.3, -0.25) is 0 Å². The third-order valence-corrected chi connectivity index (χ3v) is 2.91. The number of pyridine rings is 2. The summed E-state index contributed by atoms with van der Waals surface area (Å²) in [5.74, 6) is 0.587. The lowest BCUT2D eigenvalue weighted by Gasteiger charge is -2.10. The van der Waals surface area contributed by atoms with Crippen molar-refractivity contribution in [1.82, 2.24) is 9.55 Å². The van der Waals surface area contributed by atoms with Crippen molar-refractivity contribution >= 4 is 11.6 Å². The van der Waals surface area contributed by atoms with Gasteiger partial charge < -0.3 is 8.98 Å². The first kappa shape index (κ1) is 11.0. The summed E-state index contributed by atoms with van der Waals surface area (Å²) in [4.78, 5) is 15.3. The Morgan fingerprint density at radius 2 is 2.22 bits per heavy atom. The first-order valence-electron chi connectivity index (χ1n) is 5.42. The molecule has 1 aromatic rings. The molecule has 0 fully saturated rings. The summed E-state index contributed by atoms with van der Waals surface area (Å²) >= 11 is 5.74. The first-order chi connectivity index (χ1) is 8.72. The highest BCUT2D eigenvalue weighted by atomic mass is 35.5. The second kappa shape index (κ2) is 4.31. The van der Waals surface area contributed by atoms with E-state index in [1.807, 2.05) is 22.9 Å². The lowest BCUT2D eigenvalue weighted by molar-refractivity contribution is 0.540. The van der Waals surface area contributed by atoms with Crippen molar-refractivity contribution in [3.8, 4) is 11.5 Å². The van der Waals surface area contributed by atoms with Crippen molar-refractivity contribution in [1.29, 1.82) is 0 Å². The van der Waals surface area contributed by atoms with E-state index in [9.17, 15) is 4.79 Å². The van der Waals surface area contributed by atoms with E-state index in [0.29, 0.717) is 17.5 Å². The summed E-state index contributed by atoms with van der Waals surface area (Å²) in [6.45, 7) is 0.612. The molecule has 0 unspecified atom stereocenters. The zero-order valence-corrected chi connectivity index (χ0v) is 10.1. The number of aromatic nitrogens is 2. The van der Waals surface area contributed by atoms with Gasteiger partial charge in [-0.25, -0.2) is 9.78 Å². The van der Waals surface area contributed by atoms with Crippen molar-refractivity contribution in [2.45, 2.75) is 6.54 Å². The molecule has 3 heterocycles. The topological polar surface area (TPSA) is 48.0 Å². The highest BCUT2D eigenvalue weighted by Crippen LogP contribution is 2.20. The van der Waals surface area contributed by atoms with Crippen molar-refractivity contribution in [3.63, 3.8) is 0 Å². The molecule has 0 aromatic carbocycles. The molecule has 0 aliphatic carbocycles. The normalized spacial score (nSPS) is 10.9. The lowest BCUT2D eigenvalue weighted by Crippen LogP contribution is -2.03. The number of fused-ring (bicyclic) bond motifs is 1. The zero-order valence-electron chi connectivity index (χ0n) is 9.34. The van der Waals surface area contributed by atoms with Crippen LogP contribution in [-0.4, -0.2) is 9.55 Å². The molecular formula is C13H9ClN2O2. The van der Waals surface area contributed by atoms with Gasteiger partial charge in [0, 0.05) is 18.9 Å². The number of halogens is 1. The lowest BCUT2D eigenvalue weighted by atomic mass is 10.2. The molecule has 0 spiro atoms. The van der Waals surface area contributed by atoms with Gasteiger partial charge in [0.05, 0.1) is 11.8 Å². The van der Waals surface area contributed by atoms with Gasteiger partial charge in [-0.1, -0.05) is 17.7 Å². The Morgan fingerprint density at radius 3 is 3.00 bits per heavy atom. The minimum atomic E-state index is -0.334. The molecule has 5 heteroatoms. The van der Waals surface area contributed by atoms with Gasteiger partial charge in [-0.2, -0.15) is 0 Å². The Kier molecular flexibility index (Phi) is 2.64. The highest BCUT2D eigenvalue weighted by molar-refractivity contribution is 6.29. The number of furan rings is 1. The third kappa shape index (κ3) is 2.02. The van der Waals surface area contributed by atoms with Gasteiger partial charge in [-0.05, 0) is 23.8 Å². The van der Waals surface area contributed by atoms with Crippen LogP contribution in [0.2, 0.25) is 5.15 Å². The van der Waals surface area contributed by atoms with E-state index in [0.717, 1.165) is 11.3 Å². The molecule has 0 amide bonds. The molecule has 0 radical (unpaired) electrons. The smallest absolute Gasteiger partial charge is 0.338 e. The maximum atomic E-state index is 11.2. The van der Waals surface area contributed by atoms with E-state index < -0.39 is 0 Å². The Balaban J connectivity index is 2.00. The number of hydrogen-bond donors (Lipinski definition) is 0. The summed E-state index contributed by atoms with van der Waals surface area (Å²) in [5, 5.41) is 0.465. The van der Waals surface area contributed by atoms with Crippen molar-refractivity contribution in [2.24, 2.45) is 0 Å². The minimum absolute atomic E-state index is 0.334. The predicted molar refractivity (Wildman–Crippen MR) is 67.9 cm³/mol. The molecule has 18 heavy (non-hydrogen) atoms. The summed E-state index contributed by atoms with van der Waals surface area (Å²) in [7, 11) is 0. The molecule has 0 saturated carbocycles. The molecule has 4 nitrogen and oxygen atoms in total. The second-order valence-corrected chi connectivity index (χ2v) is 4.33. The molecule has 2 aliphatic heterocycles. The zero-order chi connectivity index (χ0) is 12.5. The number of hydrogen-bond acceptors (Lipinski definition) is 3. The molecule has 3 rings (SSSR count). The van der Waals surface area contributed by atoms with Crippen LogP contribution in [0.4, 0.5) is 0 Å². The van der Waals surface area contributed by atoms with E-state index in [1.165, 1.54) is 6.07 Å². The Morgan fingerprint density at radius 1 is 1.33 bits per heavy atom. The standard InChI is InChI=1S/C13H9ClN2O2/c14-12-4-3-9(7-15-12)8-16-5-1-2-11-10(16)6-13(17)18-11/h1-7H,8H2. The predicted octanol–water partition coefficient (Wildman–Crippen LogP) is 2.64. The Labute approximate surface area is 108 Å². The molecule has 0 saturated heterocycles. The fourth-order valence-electron chi connectivity index (χ4n) is 1.87. The van der Waals surface area contributed by atoms with E-state index in [4.69, 9.17) is 16.0 Å². The van der Waals surface area contributed by atoms with Crippen LogP contribution in [0.1, 0.15) is 5.56 Å². The third-order valence-electron chi connectivity index (χ3n) is 2.68. The van der Waals surface area contributed by atoms with Crippen LogP contribution in [-0.2, 0) is 6.54 Å². The average molecular weight is 261 g/mol. The van der Waals surface area contributed by atoms with E-state index in [-0.39, 0.29) is 5.63 Å². The summed E-state index contributed by atoms with van der Waals surface area (Å²) < 4.78 is 6.99. The van der Waals surface area contributed by atoms with Gasteiger partial charge in [0.25, 0.3) is 0 Å². The number of rotatable bonds is 2. The van der Waals surface area contributed by atoms with Gasteiger partial charge in [0.15, 0.2) is 5.76 Å². The van der Waals surface area contributed by atoms with Gasteiger partial charge in [0.2, 0.25) is 0 Å². The summed E-state index contributed by atoms with van der Waals surface area (Å²) in [6, 6.07) is 8.74. The van der Waals surface area contributed by atoms with Crippen LogP contribution in [0.15, 0.2) is 51.9 Å². The van der Waals surface area contributed by atoms with E-state index in [2.05, 4.69) is 4.98 Å². The Hall–Kier alpha value is -2.07. The molecular weight excluding hydrogens is 252 g/mol. The maximum absolute atomic E-state index is 11.2. The van der Waals surface area contributed by atoms with Crippen molar-refractivity contribution in [3.05, 3.63) is 63.9 Å². The van der Waals surface area contributed by atoms with Gasteiger partial charge >= 0.3 is 5.63 Å². The largest absolute Gasteiger partial charge is 0.421 e. The fourth-order valence-corrected chi connectivity index (χ4v) is 1.98.